The van der Waals surface area contributed by atoms with Gasteiger partial charge >= 0.3 is 0 Å². The summed E-state index contributed by atoms with van der Waals surface area (Å²) in [4.78, 5) is 12.4. The van der Waals surface area contributed by atoms with E-state index in [1.165, 1.54) is 0 Å². The number of carbonyl (C=O) groups is 1. The average molecular weight is 341 g/mol. The van der Waals surface area contributed by atoms with Gasteiger partial charge in [-0.15, -0.1) is 10.2 Å². The second-order valence-corrected chi connectivity index (χ2v) is 6.42. The minimum Gasteiger partial charge on any atom is -0.325 e. The summed E-state index contributed by atoms with van der Waals surface area (Å²) < 4.78 is 0. The normalized spacial score (nSPS) is 16.3. The van der Waals surface area contributed by atoms with E-state index in [0.29, 0.717) is 12.2 Å². The molecule has 0 aliphatic carbocycles. The standard InChI is InChI=1S/C20H15N5O/c26-18-11-17(13-5-3-6-14(10-13)20-22-24-25-23-20)16-9-8-12-4-1-2-7-15(12)19(16)21-18/h1-10,17H,11H2,(H,21,26)(H,22,23,24,25). The summed E-state index contributed by atoms with van der Waals surface area (Å²) in [6.45, 7) is 0. The quantitative estimate of drug-likeness (QED) is 0.584. The van der Waals surface area contributed by atoms with Crippen molar-refractivity contribution in [2.24, 2.45) is 0 Å². The lowest BCUT2D eigenvalue weighted by Gasteiger charge is -2.27. The largest absolute Gasteiger partial charge is 0.325 e. The third-order valence-corrected chi connectivity index (χ3v) is 4.88. The van der Waals surface area contributed by atoms with E-state index in [-0.39, 0.29) is 11.8 Å². The van der Waals surface area contributed by atoms with Crippen molar-refractivity contribution in [3.05, 3.63) is 71.8 Å². The van der Waals surface area contributed by atoms with Crippen molar-refractivity contribution >= 4 is 22.4 Å². The SMILES string of the molecule is O=C1CC(c2cccc(-c3nn[nH]n3)c2)c2ccc3ccccc3c2N1. The number of fused-ring (bicyclic) bond motifs is 3. The van der Waals surface area contributed by atoms with Crippen LogP contribution in [0.25, 0.3) is 22.2 Å². The van der Waals surface area contributed by atoms with Crippen molar-refractivity contribution < 1.29 is 4.79 Å². The predicted molar refractivity (Wildman–Crippen MR) is 98.7 cm³/mol. The smallest absolute Gasteiger partial charge is 0.225 e. The first-order chi connectivity index (χ1) is 12.8. The van der Waals surface area contributed by atoms with Crippen LogP contribution in [0.1, 0.15) is 23.5 Å². The number of benzene rings is 3. The number of H-pyrrole nitrogens is 1. The Morgan fingerprint density at radius 3 is 2.81 bits per heavy atom. The Morgan fingerprint density at radius 1 is 1.00 bits per heavy atom. The first-order valence-electron chi connectivity index (χ1n) is 8.45. The van der Waals surface area contributed by atoms with Crippen LogP contribution < -0.4 is 5.32 Å². The lowest BCUT2D eigenvalue weighted by molar-refractivity contribution is -0.116. The molecule has 1 atom stereocenters. The number of anilines is 1. The molecule has 126 valence electrons. The van der Waals surface area contributed by atoms with Crippen LogP contribution in [0.5, 0.6) is 0 Å². The van der Waals surface area contributed by atoms with E-state index in [1.54, 1.807) is 0 Å². The highest BCUT2D eigenvalue weighted by Gasteiger charge is 2.28. The lowest BCUT2D eigenvalue weighted by Crippen LogP contribution is -2.23. The van der Waals surface area contributed by atoms with Crippen molar-refractivity contribution in [2.45, 2.75) is 12.3 Å². The van der Waals surface area contributed by atoms with Gasteiger partial charge in [0.2, 0.25) is 11.7 Å². The van der Waals surface area contributed by atoms with Gasteiger partial charge < -0.3 is 5.32 Å². The van der Waals surface area contributed by atoms with Gasteiger partial charge in [0.1, 0.15) is 0 Å². The van der Waals surface area contributed by atoms with Crippen LogP contribution in [0.4, 0.5) is 5.69 Å². The third kappa shape index (κ3) is 2.35. The van der Waals surface area contributed by atoms with E-state index >= 15 is 0 Å². The van der Waals surface area contributed by atoms with E-state index in [1.807, 2.05) is 42.5 Å². The fourth-order valence-electron chi connectivity index (χ4n) is 3.68. The molecular formula is C20H15N5O. The molecule has 0 spiro atoms. The van der Waals surface area contributed by atoms with Gasteiger partial charge in [0.25, 0.3) is 0 Å². The van der Waals surface area contributed by atoms with Crippen LogP contribution in [-0.2, 0) is 4.79 Å². The van der Waals surface area contributed by atoms with E-state index in [2.05, 4.69) is 44.1 Å². The van der Waals surface area contributed by atoms with Crippen molar-refractivity contribution in [2.75, 3.05) is 5.32 Å². The topological polar surface area (TPSA) is 83.6 Å². The summed E-state index contributed by atoms with van der Waals surface area (Å²) in [6.07, 6.45) is 0.418. The third-order valence-electron chi connectivity index (χ3n) is 4.88. The summed E-state index contributed by atoms with van der Waals surface area (Å²) in [7, 11) is 0. The number of amides is 1. The van der Waals surface area contributed by atoms with Gasteiger partial charge in [0, 0.05) is 23.3 Å². The van der Waals surface area contributed by atoms with E-state index < -0.39 is 0 Å². The molecule has 3 aromatic carbocycles. The second kappa shape index (κ2) is 5.77. The maximum atomic E-state index is 12.4. The Hall–Kier alpha value is -3.54. The van der Waals surface area contributed by atoms with E-state index in [0.717, 1.165) is 33.2 Å². The Balaban J connectivity index is 1.67. The van der Waals surface area contributed by atoms with Gasteiger partial charge in [-0.2, -0.15) is 5.21 Å². The lowest BCUT2D eigenvalue weighted by atomic mass is 9.83. The van der Waals surface area contributed by atoms with Crippen LogP contribution in [0.15, 0.2) is 60.7 Å². The van der Waals surface area contributed by atoms with Crippen molar-refractivity contribution in [3.8, 4) is 11.4 Å². The van der Waals surface area contributed by atoms with E-state index in [4.69, 9.17) is 0 Å². The van der Waals surface area contributed by atoms with Gasteiger partial charge in [-0.05, 0) is 27.8 Å². The molecule has 4 aromatic rings. The van der Waals surface area contributed by atoms with Gasteiger partial charge in [-0.25, -0.2) is 0 Å². The average Bonchev–Trinajstić information content (AvgIpc) is 3.22. The number of hydrogen-bond acceptors (Lipinski definition) is 4. The van der Waals surface area contributed by atoms with Crippen LogP contribution in [0.3, 0.4) is 0 Å². The molecule has 26 heavy (non-hydrogen) atoms. The highest BCUT2D eigenvalue weighted by molar-refractivity contribution is 6.06. The summed E-state index contributed by atoms with van der Waals surface area (Å²) in [5.41, 5.74) is 3.99. The molecule has 5 rings (SSSR count). The zero-order valence-corrected chi connectivity index (χ0v) is 13.8. The Bertz CT molecular complexity index is 1120. The summed E-state index contributed by atoms with van der Waals surface area (Å²) in [5.74, 6) is 0.574. The van der Waals surface area contributed by atoms with Crippen LogP contribution in [0, 0.1) is 0 Å². The Labute approximate surface area is 149 Å². The number of tetrazole rings is 1. The highest BCUT2D eigenvalue weighted by Crippen LogP contribution is 2.41. The van der Waals surface area contributed by atoms with Crippen LogP contribution in [-0.4, -0.2) is 26.5 Å². The molecule has 6 nitrogen and oxygen atoms in total. The number of rotatable bonds is 2. The highest BCUT2D eigenvalue weighted by atomic mass is 16.1. The maximum absolute atomic E-state index is 12.4. The number of aromatic nitrogens is 4. The first-order valence-corrected chi connectivity index (χ1v) is 8.45. The maximum Gasteiger partial charge on any atom is 0.225 e. The fourth-order valence-corrected chi connectivity index (χ4v) is 3.68. The molecule has 1 amide bonds. The number of nitrogens with zero attached hydrogens (tertiary/aromatic N) is 3. The molecule has 6 heteroatoms. The summed E-state index contributed by atoms with van der Waals surface area (Å²) in [5, 5.41) is 19.4. The Morgan fingerprint density at radius 2 is 1.92 bits per heavy atom. The molecule has 1 aliphatic heterocycles. The molecule has 2 heterocycles. The van der Waals surface area contributed by atoms with Crippen molar-refractivity contribution in [1.82, 2.24) is 20.6 Å². The Kier molecular flexibility index (Phi) is 3.28. The summed E-state index contributed by atoms with van der Waals surface area (Å²) >= 11 is 0. The molecule has 0 saturated heterocycles. The number of carbonyl (C=O) groups excluding carboxylic acids is 1. The zero-order valence-electron chi connectivity index (χ0n) is 13.8. The number of aromatic amines is 1. The van der Waals surface area contributed by atoms with E-state index in [9.17, 15) is 4.79 Å². The zero-order chi connectivity index (χ0) is 17.5. The molecule has 1 aliphatic rings. The molecule has 1 aromatic heterocycles. The van der Waals surface area contributed by atoms with Crippen LogP contribution in [0.2, 0.25) is 0 Å². The number of nitrogens with one attached hydrogen (secondary N) is 2. The molecule has 0 fully saturated rings. The van der Waals surface area contributed by atoms with Gasteiger partial charge in [-0.3, -0.25) is 4.79 Å². The van der Waals surface area contributed by atoms with Crippen molar-refractivity contribution in [1.29, 1.82) is 0 Å². The molecule has 0 bridgehead atoms. The minimum absolute atomic E-state index is 0.00444. The number of hydrogen-bond donors (Lipinski definition) is 2. The molecule has 1 unspecified atom stereocenters. The van der Waals surface area contributed by atoms with Gasteiger partial charge in [0.05, 0.1) is 5.69 Å². The van der Waals surface area contributed by atoms with Crippen LogP contribution >= 0.6 is 0 Å². The van der Waals surface area contributed by atoms with Gasteiger partial charge in [0.15, 0.2) is 0 Å². The minimum atomic E-state index is -0.00444. The molecule has 2 N–H and O–H groups in total. The monoisotopic (exact) mass is 341 g/mol. The van der Waals surface area contributed by atoms with Crippen molar-refractivity contribution in [3.63, 3.8) is 0 Å². The fraction of sp³-hybridized carbons (Fsp3) is 0.100. The second-order valence-electron chi connectivity index (χ2n) is 6.42. The molecule has 0 saturated carbocycles. The van der Waals surface area contributed by atoms with Gasteiger partial charge in [-0.1, -0.05) is 54.6 Å². The molecular weight excluding hydrogens is 326 g/mol. The summed E-state index contributed by atoms with van der Waals surface area (Å²) in [6, 6.07) is 20.3. The first kappa shape index (κ1) is 14.8. The predicted octanol–water partition coefficient (Wildman–Crippen LogP) is 3.49. The molecule has 0 radical (unpaired) electrons.